The van der Waals surface area contributed by atoms with E-state index in [0.29, 0.717) is 34.9 Å². The highest BCUT2D eigenvalue weighted by molar-refractivity contribution is 6.30. The van der Waals surface area contributed by atoms with Crippen LogP contribution in [-0.4, -0.2) is 28.0 Å². The summed E-state index contributed by atoms with van der Waals surface area (Å²) in [5.41, 5.74) is 1.93. The van der Waals surface area contributed by atoms with Crippen molar-refractivity contribution < 1.29 is 23.5 Å². The minimum Gasteiger partial charge on any atom is -0.481 e. The van der Waals surface area contributed by atoms with Crippen LogP contribution in [0.25, 0.3) is 11.1 Å². The number of hydrogen-bond donors (Lipinski definition) is 2. The Morgan fingerprint density at radius 3 is 2.56 bits per heavy atom. The molecule has 8 heteroatoms. The average Bonchev–Trinajstić information content (AvgIpc) is 3.25. The molecule has 2 atom stereocenters. The number of aromatic nitrogens is 1. The lowest BCUT2D eigenvalue weighted by Gasteiger charge is -2.20. The number of amides is 1. The fourth-order valence-electron chi connectivity index (χ4n) is 3.38. The van der Waals surface area contributed by atoms with Crippen LogP contribution in [0.5, 0.6) is 0 Å². The number of carbonyl (C=O) groups is 2. The van der Waals surface area contributed by atoms with Gasteiger partial charge in [-0.15, -0.1) is 0 Å². The number of nitrogens with zero attached hydrogens (tertiary/aromatic N) is 1. The molecule has 2 aromatic carbocycles. The number of hydrogen-bond acceptors (Lipinski definition) is 4. The Morgan fingerprint density at radius 1 is 1.22 bits per heavy atom. The van der Waals surface area contributed by atoms with Gasteiger partial charge >= 0.3 is 5.97 Å². The van der Waals surface area contributed by atoms with E-state index < -0.39 is 23.8 Å². The zero-order chi connectivity index (χ0) is 23.3. The topological polar surface area (TPSA) is 92.4 Å². The van der Waals surface area contributed by atoms with Crippen LogP contribution in [0.2, 0.25) is 5.02 Å². The van der Waals surface area contributed by atoms with Crippen molar-refractivity contribution in [1.82, 2.24) is 10.3 Å². The number of nitrogens with one attached hydrogen (secondary N) is 1. The number of carboxylic acid groups (broad SMARTS) is 1. The van der Waals surface area contributed by atoms with Crippen molar-refractivity contribution in [2.24, 2.45) is 5.92 Å². The molecule has 0 radical (unpaired) electrons. The second-order valence-electron chi connectivity index (χ2n) is 7.64. The molecule has 0 aliphatic rings. The largest absolute Gasteiger partial charge is 0.481 e. The Kier molecular flexibility index (Phi) is 7.64. The van der Waals surface area contributed by atoms with Crippen LogP contribution in [0.1, 0.15) is 42.3 Å². The van der Waals surface area contributed by atoms with Crippen LogP contribution in [-0.2, 0) is 17.6 Å². The summed E-state index contributed by atoms with van der Waals surface area (Å²) < 4.78 is 19.5. The van der Waals surface area contributed by atoms with Crippen molar-refractivity contribution in [3.63, 3.8) is 0 Å². The minimum atomic E-state index is -0.941. The summed E-state index contributed by atoms with van der Waals surface area (Å²) in [4.78, 5) is 28.0. The highest BCUT2D eigenvalue weighted by atomic mass is 35.5. The molecule has 3 rings (SSSR count). The van der Waals surface area contributed by atoms with E-state index in [1.54, 1.807) is 25.1 Å². The summed E-state index contributed by atoms with van der Waals surface area (Å²) in [7, 11) is 0. The zero-order valence-electron chi connectivity index (χ0n) is 17.8. The van der Waals surface area contributed by atoms with E-state index in [1.807, 2.05) is 19.1 Å². The Bertz CT molecular complexity index is 1100. The molecule has 0 bridgehead atoms. The van der Waals surface area contributed by atoms with E-state index >= 15 is 0 Å². The number of aryl methyl sites for hydroxylation is 1. The standard InChI is InChI=1S/C24H24ClFN2O4/c1-3-22-27-13-21(32-22)23(29)28-18(10-14(2)24(30)31)11-15-4-6-16(7-5-15)19-12-17(25)8-9-20(19)26/h4-9,12-14,18H,3,10-11H2,1-2H3,(H,28,29)(H,30,31)/t14-,18+/m1/s1. The maximum Gasteiger partial charge on any atom is 0.306 e. The molecule has 0 saturated heterocycles. The molecule has 0 saturated carbocycles. The monoisotopic (exact) mass is 458 g/mol. The summed E-state index contributed by atoms with van der Waals surface area (Å²) in [6, 6.07) is 11.1. The third kappa shape index (κ3) is 5.95. The molecule has 2 N–H and O–H groups in total. The number of oxazole rings is 1. The quantitative estimate of drug-likeness (QED) is 0.462. The summed E-state index contributed by atoms with van der Waals surface area (Å²) in [6.07, 6.45) is 2.56. The molecule has 0 aliphatic heterocycles. The second-order valence-corrected chi connectivity index (χ2v) is 8.08. The van der Waals surface area contributed by atoms with Crippen LogP contribution < -0.4 is 5.32 Å². The molecule has 0 aliphatic carbocycles. The van der Waals surface area contributed by atoms with Gasteiger partial charge in [0.05, 0.1) is 12.1 Å². The third-order valence-corrected chi connectivity index (χ3v) is 5.39. The van der Waals surface area contributed by atoms with Gasteiger partial charge in [0.1, 0.15) is 5.82 Å². The van der Waals surface area contributed by atoms with Crippen LogP contribution in [0.3, 0.4) is 0 Å². The minimum absolute atomic E-state index is 0.0848. The lowest BCUT2D eigenvalue weighted by molar-refractivity contribution is -0.141. The summed E-state index contributed by atoms with van der Waals surface area (Å²) >= 11 is 5.98. The Morgan fingerprint density at radius 2 is 1.94 bits per heavy atom. The lowest BCUT2D eigenvalue weighted by atomic mass is 9.94. The highest BCUT2D eigenvalue weighted by Gasteiger charge is 2.22. The van der Waals surface area contributed by atoms with Crippen LogP contribution in [0.4, 0.5) is 4.39 Å². The molecule has 1 heterocycles. The van der Waals surface area contributed by atoms with Crippen molar-refractivity contribution >= 4 is 23.5 Å². The lowest BCUT2D eigenvalue weighted by Crippen LogP contribution is -2.38. The molecule has 1 aromatic heterocycles. The van der Waals surface area contributed by atoms with Gasteiger partial charge in [0.2, 0.25) is 5.76 Å². The van der Waals surface area contributed by atoms with Gasteiger partial charge in [0.25, 0.3) is 5.91 Å². The first-order valence-corrected chi connectivity index (χ1v) is 10.7. The van der Waals surface area contributed by atoms with Gasteiger partial charge in [0, 0.05) is 23.0 Å². The van der Waals surface area contributed by atoms with Crippen LogP contribution in [0.15, 0.2) is 53.1 Å². The van der Waals surface area contributed by atoms with E-state index in [-0.39, 0.29) is 18.0 Å². The van der Waals surface area contributed by atoms with Gasteiger partial charge in [-0.2, -0.15) is 0 Å². The normalized spacial score (nSPS) is 12.9. The van der Waals surface area contributed by atoms with Crippen molar-refractivity contribution in [2.45, 2.75) is 39.2 Å². The van der Waals surface area contributed by atoms with Crippen molar-refractivity contribution in [3.05, 3.63) is 76.7 Å². The van der Waals surface area contributed by atoms with Crippen molar-refractivity contribution in [1.29, 1.82) is 0 Å². The predicted octanol–water partition coefficient (Wildman–Crippen LogP) is 5.15. The Balaban J connectivity index is 1.77. The zero-order valence-corrected chi connectivity index (χ0v) is 18.5. The Labute approximate surface area is 190 Å². The number of rotatable bonds is 9. The van der Waals surface area contributed by atoms with Crippen molar-refractivity contribution in [2.75, 3.05) is 0 Å². The number of carboxylic acids is 1. The highest BCUT2D eigenvalue weighted by Crippen LogP contribution is 2.26. The maximum atomic E-state index is 14.1. The first-order chi connectivity index (χ1) is 15.3. The number of benzene rings is 2. The van der Waals surface area contributed by atoms with E-state index in [2.05, 4.69) is 10.3 Å². The SMILES string of the molecule is CCc1ncc(C(=O)N[C@H](Cc2ccc(-c3cc(Cl)ccc3F)cc2)C[C@@H](C)C(=O)O)o1. The van der Waals surface area contributed by atoms with E-state index in [1.165, 1.54) is 18.3 Å². The summed E-state index contributed by atoms with van der Waals surface area (Å²) in [5, 5.41) is 12.6. The molecular weight excluding hydrogens is 435 g/mol. The van der Waals surface area contributed by atoms with Gasteiger partial charge < -0.3 is 14.8 Å². The maximum absolute atomic E-state index is 14.1. The molecule has 0 fully saturated rings. The molecule has 1 amide bonds. The van der Waals surface area contributed by atoms with Gasteiger partial charge in [0.15, 0.2) is 5.89 Å². The first-order valence-electron chi connectivity index (χ1n) is 10.3. The van der Waals surface area contributed by atoms with Gasteiger partial charge in [-0.25, -0.2) is 9.37 Å². The fourth-order valence-corrected chi connectivity index (χ4v) is 3.55. The van der Waals surface area contributed by atoms with E-state index in [4.69, 9.17) is 16.0 Å². The van der Waals surface area contributed by atoms with Crippen molar-refractivity contribution in [3.8, 4) is 11.1 Å². The van der Waals surface area contributed by atoms with Gasteiger partial charge in [-0.05, 0) is 42.2 Å². The molecule has 32 heavy (non-hydrogen) atoms. The smallest absolute Gasteiger partial charge is 0.306 e. The van der Waals surface area contributed by atoms with E-state index in [9.17, 15) is 19.1 Å². The third-order valence-electron chi connectivity index (χ3n) is 5.15. The summed E-state index contributed by atoms with van der Waals surface area (Å²) in [5.74, 6) is -1.88. The molecule has 0 unspecified atom stereocenters. The molecular formula is C24H24ClFN2O4. The number of carbonyl (C=O) groups excluding carboxylic acids is 1. The molecule has 168 valence electrons. The molecule has 6 nitrogen and oxygen atoms in total. The second kappa shape index (κ2) is 10.4. The fraction of sp³-hybridized carbons (Fsp3) is 0.292. The van der Waals surface area contributed by atoms with Crippen LogP contribution in [0, 0.1) is 11.7 Å². The van der Waals surface area contributed by atoms with E-state index in [0.717, 1.165) is 5.56 Å². The molecule has 3 aromatic rings. The van der Waals surface area contributed by atoms with Gasteiger partial charge in [-0.3, -0.25) is 9.59 Å². The molecule has 0 spiro atoms. The van der Waals surface area contributed by atoms with Gasteiger partial charge in [-0.1, -0.05) is 49.7 Å². The predicted molar refractivity (Wildman–Crippen MR) is 119 cm³/mol. The summed E-state index contributed by atoms with van der Waals surface area (Å²) in [6.45, 7) is 3.46. The average molecular weight is 459 g/mol. The Hall–Kier alpha value is -3.19. The number of aliphatic carboxylic acids is 1. The number of halogens is 2. The first kappa shape index (κ1) is 23.5. The van der Waals surface area contributed by atoms with Crippen LogP contribution >= 0.6 is 11.6 Å².